The maximum absolute atomic E-state index is 12.4. The normalized spacial score (nSPS) is 16.7. The molecule has 27 heavy (non-hydrogen) atoms. The second-order valence-electron chi connectivity index (χ2n) is 6.05. The number of rotatable bonds is 6. The van der Waals surface area contributed by atoms with E-state index in [2.05, 4.69) is 10.3 Å². The number of hydrogen-bond acceptors (Lipinski definition) is 5. The summed E-state index contributed by atoms with van der Waals surface area (Å²) in [6, 6.07) is 11.0. The molecule has 2 amide bonds. The van der Waals surface area contributed by atoms with Crippen molar-refractivity contribution in [3.05, 3.63) is 53.3 Å². The van der Waals surface area contributed by atoms with E-state index in [0.29, 0.717) is 43.8 Å². The Kier molecular flexibility index (Phi) is 6.73. The number of methoxy groups -OCH3 is 1. The summed E-state index contributed by atoms with van der Waals surface area (Å²) in [6.07, 6.45) is 1.38. The van der Waals surface area contributed by atoms with Crippen LogP contribution in [0.3, 0.4) is 0 Å². The molecule has 1 aromatic carbocycles. The van der Waals surface area contributed by atoms with E-state index in [1.807, 2.05) is 24.3 Å². The number of pyridine rings is 1. The molecule has 0 bridgehead atoms. The van der Waals surface area contributed by atoms with Crippen molar-refractivity contribution in [1.82, 2.24) is 15.2 Å². The van der Waals surface area contributed by atoms with Gasteiger partial charge >= 0.3 is 6.03 Å². The van der Waals surface area contributed by atoms with Gasteiger partial charge in [0.2, 0.25) is 0 Å². The number of aromatic nitrogens is 1. The van der Waals surface area contributed by atoms with E-state index in [-0.39, 0.29) is 12.1 Å². The van der Waals surface area contributed by atoms with Crippen LogP contribution in [-0.2, 0) is 11.3 Å². The second-order valence-corrected chi connectivity index (χ2v) is 6.41. The number of benzene rings is 1. The quantitative estimate of drug-likeness (QED) is 0.766. The molecule has 2 aromatic rings. The SMILES string of the molecule is COc1ccc(CNC(=O)N2CCOC(COc3cccnc3Cl)C2)cc1. The van der Waals surface area contributed by atoms with Gasteiger partial charge in [-0.1, -0.05) is 23.7 Å². The second kappa shape index (κ2) is 9.43. The Hall–Kier alpha value is -2.51. The maximum atomic E-state index is 12.4. The highest BCUT2D eigenvalue weighted by atomic mass is 35.5. The summed E-state index contributed by atoms with van der Waals surface area (Å²) in [6.45, 7) is 2.20. The van der Waals surface area contributed by atoms with E-state index in [4.69, 9.17) is 25.8 Å². The van der Waals surface area contributed by atoms with E-state index in [1.54, 1.807) is 30.3 Å². The minimum absolute atomic E-state index is 0.126. The summed E-state index contributed by atoms with van der Waals surface area (Å²) in [5.41, 5.74) is 1.00. The van der Waals surface area contributed by atoms with Gasteiger partial charge < -0.3 is 24.4 Å². The highest BCUT2D eigenvalue weighted by Gasteiger charge is 2.25. The fourth-order valence-electron chi connectivity index (χ4n) is 2.70. The van der Waals surface area contributed by atoms with Gasteiger partial charge in [-0.25, -0.2) is 9.78 Å². The standard InChI is InChI=1S/C19H22ClN3O4/c1-25-15-6-4-14(5-7-15)11-22-19(24)23-9-10-26-16(12-23)13-27-17-3-2-8-21-18(17)20/h2-8,16H,9-13H2,1H3,(H,22,24). The van der Waals surface area contributed by atoms with Crippen LogP contribution in [0.5, 0.6) is 11.5 Å². The van der Waals surface area contributed by atoms with Crippen LogP contribution >= 0.6 is 11.6 Å². The largest absolute Gasteiger partial charge is 0.497 e. The first-order valence-electron chi connectivity index (χ1n) is 8.66. The van der Waals surface area contributed by atoms with Crippen LogP contribution in [0, 0.1) is 0 Å². The van der Waals surface area contributed by atoms with Crippen molar-refractivity contribution in [2.45, 2.75) is 12.6 Å². The van der Waals surface area contributed by atoms with Gasteiger partial charge in [0.25, 0.3) is 0 Å². The smallest absolute Gasteiger partial charge is 0.317 e. The number of nitrogens with zero attached hydrogens (tertiary/aromatic N) is 2. The van der Waals surface area contributed by atoms with Gasteiger partial charge in [0, 0.05) is 19.3 Å². The first-order chi connectivity index (χ1) is 13.2. The van der Waals surface area contributed by atoms with Crippen LogP contribution in [-0.4, -0.2) is 55.4 Å². The van der Waals surface area contributed by atoms with Crippen molar-refractivity contribution >= 4 is 17.6 Å². The molecule has 0 radical (unpaired) electrons. The van der Waals surface area contributed by atoms with E-state index in [1.165, 1.54) is 0 Å². The van der Waals surface area contributed by atoms with Crippen molar-refractivity contribution in [2.24, 2.45) is 0 Å². The third kappa shape index (κ3) is 5.48. The van der Waals surface area contributed by atoms with Crippen molar-refractivity contribution in [2.75, 3.05) is 33.4 Å². The lowest BCUT2D eigenvalue weighted by molar-refractivity contribution is -0.0352. The molecule has 0 saturated carbocycles. The van der Waals surface area contributed by atoms with Gasteiger partial charge in [-0.2, -0.15) is 0 Å². The summed E-state index contributed by atoms with van der Waals surface area (Å²) >= 11 is 5.98. The van der Waals surface area contributed by atoms with E-state index < -0.39 is 0 Å². The van der Waals surface area contributed by atoms with Crippen LogP contribution in [0.15, 0.2) is 42.6 Å². The molecule has 1 N–H and O–H groups in total. The van der Waals surface area contributed by atoms with Gasteiger partial charge in [-0.15, -0.1) is 0 Å². The van der Waals surface area contributed by atoms with E-state index >= 15 is 0 Å². The molecule has 0 spiro atoms. The third-order valence-electron chi connectivity index (χ3n) is 4.18. The van der Waals surface area contributed by atoms with Crippen LogP contribution in [0.4, 0.5) is 4.79 Å². The zero-order valence-electron chi connectivity index (χ0n) is 15.1. The van der Waals surface area contributed by atoms with Crippen molar-refractivity contribution in [3.8, 4) is 11.5 Å². The predicted octanol–water partition coefficient (Wildman–Crippen LogP) is 2.73. The fourth-order valence-corrected chi connectivity index (χ4v) is 2.87. The summed E-state index contributed by atoms with van der Waals surface area (Å²) in [4.78, 5) is 18.1. The molecule has 1 fully saturated rings. The minimum atomic E-state index is -0.221. The molecule has 2 heterocycles. The van der Waals surface area contributed by atoms with Crippen LogP contribution in [0.1, 0.15) is 5.56 Å². The molecule has 1 unspecified atom stereocenters. The number of morpholine rings is 1. The van der Waals surface area contributed by atoms with Crippen LogP contribution in [0.25, 0.3) is 0 Å². The molecule has 144 valence electrons. The molecular formula is C19H22ClN3O4. The fraction of sp³-hybridized carbons (Fsp3) is 0.368. The third-order valence-corrected chi connectivity index (χ3v) is 4.46. The predicted molar refractivity (Wildman–Crippen MR) is 101 cm³/mol. The van der Waals surface area contributed by atoms with Crippen molar-refractivity contribution in [1.29, 1.82) is 0 Å². The number of carbonyl (C=O) groups is 1. The Morgan fingerprint density at radius 2 is 2.19 bits per heavy atom. The zero-order valence-corrected chi connectivity index (χ0v) is 15.8. The summed E-state index contributed by atoms with van der Waals surface area (Å²) < 4.78 is 16.5. The first-order valence-corrected chi connectivity index (χ1v) is 9.04. The summed E-state index contributed by atoms with van der Waals surface area (Å²) in [5.74, 6) is 1.29. The highest BCUT2D eigenvalue weighted by Crippen LogP contribution is 2.21. The summed E-state index contributed by atoms with van der Waals surface area (Å²) in [5, 5.41) is 3.24. The van der Waals surface area contributed by atoms with Gasteiger partial charge in [0.15, 0.2) is 10.9 Å². The van der Waals surface area contributed by atoms with Crippen molar-refractivity contribution in [3.63, 3.8) is 0 Å². The Morgan fingerprint density at radius 3 is 2.93 bits per heavy atom. The molecule has 1 aliphatic rings. The van der Waals surface area contributed by atoms with Gasteiger partial charge in [0.05, 0.1) is 20.3 Å². The highest BCUT2D eigenvalue weighted by molar-refractivity contribution is 6.30. The average molecular weight is 392 g/mol. The van der Waals surface area contributed by atoms with E-state index in [9.17, 15) is 4.79 Å². The van der Waals surface area contributed by atoms with Crippen molar-refractivity contribution < 1.29 is 19.0 Å². The number of carbonyl (C=O) groups excluding carboxylic acids is 1. The first kappa shape index (κ1) is 19.3. The number of nitrogens with one attached hydrogen (secondary N) is 1. The van der Waals surface area contributed by atoms with Gasteiger partial charge in [-0.3, -0.25) is 0 Å². The van der Waals surface area contributed by atoms with Crippen LogP contribution < -0.4 is 14.8 Å². The number of hydrogen-bond donors (Lipinski definition) is 1. The molecule has 3 rings (SSSR count). The Balaban J connectivity index is 1.46. The topological polar surface area (TPSA) is 72.9 Å². The minimum Gasteiger partial charge on any atom is -0.497 e. The van der Waals surface area contributed by atoms with Gasteiger partial charge in [-0.05, 0) is 29.8 Å². The average Bonchev–Trinajstić information content (AvgIpc) is 2.72. The Labute approximate surface area is 163 Å². The molecule has 0 aliphatic carbocycles. The van der Waals surface area contributed by atoms with Gasteiger partial charge in [0.1, 0.15) is 18.5 Å². The molecule has 8 heteroatoms. The number of amides is 2. The molecule has 1 saturated heterocycles. The zero-order chi connectivity index (χ0) is 19.1. The lowest BCUT2D eigenvalue weighted by Crippen LogP contribution is -2.50. The molecule has 7 nitrogen and oxygen atoms in total. The lowest BCUT2D eigenvalue weighted by atomic mass is 10.2. The number of urea groups is 1. The monoisotopic (exact) mass is 391 g/mol. The molecule has 1 aromatic heterocycles. The lowest BCUT2D eigenvalue weighted by Gasteiger charge is -2.32. The number of halogens is 1. The Morgan fingerprint density at radius 1 is 1.37 bits per heavy atom. The molecule has 1 atom stereocenters. The molecule has 1 aliphatic heterocycles. The number of ether oxygens (including phenoxy) is 3. The van der Waals surface area contributed by atoms with E-state index in [0.717, 1.165) is 11.3 Å². The van der Waals surface area contributed by atoms with Crippen LogP contribution in [0.2, 0.25) is 5.15 Å². The summed E-state index contributed by atoms with van der Waals surface area (Å²) in [7, 11) is 1.62. The molecular weight excluding hydrogens is 370 g/mol. The maximum Gasteiger partial charge on any atom is 0.317 e. The Bertz CT molecular complexity index is 757.